The van der Waals surface area contributed by atoms with Crippen LogP contribution in [0.4, 0.5) is 11.4 Å². The number of hydrogen-bond acceptors (Lipinski definition) is 2. The number of likely N-dealkylation sites (N-methyl/N-ethyl adjacent to an activating group) is 1. The predicted molar refractivity (Wildman–Crippen MR) is 161 cm³/mol. The summed E-state index contributed by atoms with van der Waals surface area (Å²) in [6.45, 7) is 13.6. The second kappa shape index (κ2) is 10.7. The van der Waals surface area contributed by atoms with Crippen LogP contribution in [-0.4, -0.2) is 49.4 Å². The summed E-state index contributed by atoms with van der Waals surface area (Å²) in [5.74, 6) is 0. The molecule has 194 valence electrons. The molecular weight excluding hydrogens is 450 g/mol. The van der Waals surface area contributed by atoms with E-state index in [9.17, 15) is 0 Å². The molecule has 2 aliphatic heterocycles. The summed E-state index contributed by atoms with van der Waals surface area (Å²) >= 11 is 0. The van der Waals surface area contributed by atoms with Crippen molar-refractivity contribution in [2.45, 2.75) is 51.9 Å². The minimum Gasteiger partial charge on any atom is -0.343 e. The van der Waals surface area contributed by atoms with Crippen LogP contribution >= 0.6 is 0 Å². The second-order valence-corrected chi connectivity index (χ2v) is 11.6. The third-order valence-corrected chi connectivity index (χ3v) is 8.03. The molecule has 2 aromatic carbocycles. The highest BCUT2D eigenvalue weighted by Gasteiger charge is 2.42. The zero-order chi connectivity index (χ0) is 26.8. The molecule has 0 saturated carbocycles. The molecule has 0 amide bonds. The van der Waals surface area contributed by atoms with E-state index in [1.807, 2.05) is 0 Å². The smallest absolute Gasteiger partial charge is 0.209 e. The fourth-order valence-corrected chi connectivity index (χ4v) is 5.77. The van der Waals surface area contributed by atoms with Gasteiger partial charge in [0, 0.05) is 47.6 Å². The third kappa shape index (κ3) is 5.15. The summed E-state index contributed by atoms with van der Waals surface area (Å²) < 4.78 is 2.31. The SMILES string of the molecule is CCc1ccc2c(c1)C(C)(C)C(=CC=CC=CC=CC1=[N+](C)c3ccccc3C1(C)C)N2CCN(C)C. The first-order chi connectivity index (χ1) is 17.6. The molecule has 3 nitrogen and oxygen atoms in total. The van der Waals surface area contributed by atoms with Crippen LogP contribution in [0.3, 0.4) is 0 Å². The molecule has 4 rings (SSSR count). The lowest BCUT2D eigenvalue weighted by Gasteiger charge is -2.28. The molecule has 2 heterocycles. The maximum Gasteiger partial charge on any atom is 0.209 e. The zero-order valence-corrected chi connectivity index (χ0v) is 24.0. The third-order valence-electron chi connectivity index (χ3n) is 8.03. The molecule has 0 N–H and O–H groups in total. The molecule has 0 saturated heterocycles. The van der Waals surface area contributed by atoms with Crippen molar-refractivity contribution in [1.29, 1.82) is 0 Å². The van der Waals surface area contributed by atoms with Crippen LogP contribution in [0.2, 0.25) is 0 Å². The second-order valence-electron chi connectivity index (χ2n) is 11.6. The predicted octanol–water partition coefficient (Wildman–Crippen LogP) is 7.17. The van der Waals surface area contributed by atoms with Gasteiger partial charge in [-0.25, -0.2) is 0 Å². The lowest BCUT2D eigenvalue weighted by molar-refractivity contribution is -0.401. The first-order valence-corrected chi connectivity index (χ1v) is 13.6. The quantitative estimate of drug-likeness (QED) is 0.284. The Morgan fingerprint density at radius 3 is 2.27 bits per heavy atom. The number of anilines is 1. The van der Waals surface area contributed by atoms with E-state index in [1.54, 1.807) is 0 Å². The largest absolute Gasteiger partial charge is 0.343 e. The van der Waals surface area contributed by atoms with Crippen LogP contribution in [0.1, 0.15) is 51.3 Å². The Balaban J connectivity index is 1.52. The van der Waals surface area contributed by atoms with Crippen molar-refractivity contribution in [3.8, 4) is 0 Å². The normalized spacial score (nSPS) is 19.4. The standard InChI is InChI=1S/C34H44N3/c1-9-26-21-22-30-28(25-26)34(4,5)32(37(30)24-23-35(6)7)20-14-12-10-11-13-19-31-33(2,3)27-17-15-16-18-29(27)36(31)8/h10-22,25H,9,23-24H2,1-8H3/q+1. The minimum atomic E-state index is -0.0227. The molecule has 0 atom stereocenters. The molecule has 0 aliphatic carbocycles. The van der Waals surface area contributed by atoms with Gasteiger partial charge in [-0.1, -0.05) is 81.5 Å². The molecule has 0 fully saturated rings. The van der Waals surface area contributed by atoms with Crippen molar-refractivity contribution >= 4 is 17.1 Å². The number of rotatable bonds is 8. The Kier molecular flexibility index (Phi) is 7.75. The summed E-state index contributed by atoms with van der Waals surface area (Å²) in [5.41, 5.74) is 9.54. The first-order valence-electron chi connectivity index (χ1n) is 13.6. The zero-order valence-electron chi connectivity index (χ0n) is 24.0. The number of aryl methyl sites for hydroxylation is 1. The van der Waals surface area contributed by atoms with E-state index in [0.29, 0.717) is 0 Å². The van der Waals surface area contributed by atoms with Gasteiger partial charge in [-0.05, 0) is 57.6 Å². The van der Waals surface area contributed by atoms with E-state index in [4.69, 9.17) is 0 Å². The van der Waals surface area contributed by atoms with E-state index < -0.39 is 0 Å². The van der Waals surface area contributed by atoms with Crippen molar-refractivity contribution < 1.29 is 4.58 Å². The summed E-state index contributed by atoms with van der Waals surface area (Å²) in [5, 5.41) is 0. The number of nitrogens with zero attached hydrogens (tertiary/aromatic N) is 3. The van der Waals surface area contributed by atoms with Crippen LogP contribution in [0, 0.1) is 0 Å². The van der Waals surface area contributed by atoms with E-state index in [1.165, 1.54) is 39.5 Å². The first kappa shape index (κ1) is 26.9. The van der Waals surface area contributed by atoms with Crippen molar-refractivity contribution in [1.82, 2.24) is 4.90 Å². The van der Waals surface area contributed by atoms with Gasteiger partial charge in [0.1, 0.15) is 7.05 Å². The molecular formula is C34H44N3+. The van der Waals surface area contributed by atoms with Gasteiger partial charge >= 0.3 is 0 Å². The van der Waals surface area contributed by atoms with Gasteiger partial charge in [0.05, 0.1) is 5.41 Å². The van der Waals surface area contributed by atoms with Gasteiger partial charge < -0.3 is 9.80 Å². The van der Waals surface area contributed by atoms with Crippen molar-refractivity contribution in [2.24, 2.45) is 0 Å². The Morgan fingerprint density at radius 1 is 0.865 bits per heavy atom. The summed E-state index contributed by atoms with van der Waals surface area (Å²) in [4.78, 5) is 4.77. The van der Waals surface area contributed by atoms with Crippen LogP contribution in [0.25, 0.3) is 0 Å². The molecule has 3 heteroatoms. The van der Waals surface area contributed by atoms with Gasteiger partial charge in [0.2, 0.25) is 5.69 Å². The van der Waals surface area contributed by atoms with Crippen molar-refractivity contribution in [3.05, 3.63) is 107 Å². The average molecular weight is 495 g/mol. The molecule has 2 aliphatic rings. The number of allylic oxidation sites excluding steroid dienone is 8. The van der Waals surface area contributed by atoms with Gasteiger partial charge in [0.15, 0.2) is 5.71 Å². The maximum atomic E-state index is 2.51. The average Bonchev–Trinajstić information content (AvgIpc) is 3.20. The lowest BCUT2D eigenvalue weighted by atomic mass is 9.81. The van der Waals surface area contributed by atoms with Gasteiger partial charge in [-0.15, -0.1) is 0 Å². The monoisotopic (exact) mass is 494 g/mol. The molecule has 0 bridgehead atoms. The van der Waals surface area contributed by atoms with E-state index in [0.717, 1.165) is 19.5 Å². The maximum absolute atomic E-state index is 2.51. The number of para-hydroxylation sites is 1. The van der Waals surface area contributed by atoms with Crippen LogP contribution in [0.15, 0.2) is 90.7 Å². The summed E-state index contributed by atoms with van der Waals surface area (Å²) in [6.07, 6.45) is 16.3. The molecule has 0 aromatic heterocycles. The lowest BCUT2D eigenvalue weighted by Crippen LogP contribution is -2.32. The number of benzene rings is 2. The van der Waals surface area contributed by atoms with Gasteiger partial charge in [-0.3, -0.25) is 0 Å². The molecule has 37 heavy (non-hydrogen) atoms. The topological polar surface area (TPSA) is 9.49 Å². The highest BCUT2D eigenvalue weighted by Crippen LogP contribution is 2.48. The molecule has 0 unspecified atom stereocenters. The summed E-state index contributed by atoms with van der Waals surface area (Å²) in [7, 11) is 6.45. The molecule has 2 aromatic rings. The minimum absolute atomic E-state index is 0.00661. The number of fused-ring (bicyclic) bond motifs is 2. The molecule has 0 spiro atoms. The van der Waals surface area contributed by atoms with Crippen LogP contribution in [0.5, 0.6) is 0 Å². The highest BCUT2D eigenvalue weighted by atomic mass is 15.2. The van der Waals surface area contributed by atoms with Crippen LogP contribution < -0.4 is 4.90 Å². The Morgan fingerprint density at radius 2 is 1.57 bits per heavy atom. The van der Waals surface area contributed by atoms with E-state index >= 15 is 0 Å². The van der Waals surface area contributed by atoms with E-state index in [2.05, 4.69) is 155 Å². The Bertz CT molecular complexity index is 1300. The highest BCUT2D eigenvalue weighted by molar-refractivity contribution is 6.03. The van der Waals surface area contributed by atoms with Gasteiger partial charge in [0.25, 0.3) is 0 Å². The molecule has 0 radical (unpaired) electrons. The van der Waals surface area contributed by atoms with E-state index in [-0.39, 0.29) is 10.8 Å². The summed E-state index contributed by atoms with van der Waals surface area (Å²) in [6, 6.07) is 15.7. The Labute approximate surface area is 224 Å². The fraction of sp³-hybridized carbons (Fsp3) is 0.382. The fourth-order valence-electron chi connectivity index (χ4n) is 5.77. The Hall–Kier alpha value is -3.17. The van der Waals surface area contributed by atoms with Crippen molar-refractivity contribution in [3.63, 3.8) is 0 Å². The van der Waals surface area contributed by atoms with Gasteiger partial charge in [-0.2, -0.15) is 4.58 Å². The van der Waals surface area contributed by atoms with Crippen LogP contribution in [-0.2, 0) is 17.3 Å². The van der Waals surface area contributed by atoms with Crippen molar-refractivity contribution in [2.75, 3.05) is 39.1 Å². The number of hydrogen-bond donors (Lipinski definition) is 0.